The van der Waals surface area contributed by atoms with E-state index in [0.29, 0.717) is 0 Å². The molecule has 0 spiro atoms. The highest BCUT2D eigenvalue weighted by Crippen LogP contribution is 1.84. The minimum absolute atomic E-state index is 0. The van der Waals surface area contributed by atoms with E-state index in [9.17, 15) is 9.59 Å². The summed E-state index contributed by atoms with van der Waals surface area (Å²) in [5.74, 6) is -0.404. The minimum atomic E-state index is -0.404. The zero-order valence-corrected chi connectivity index (χ0v) is 7.66. The number of halogens is 1. The third kappa shape index (κ3) is 2.76. The van der Waals surface area contributed by atoms with Crippen molar-refractivity contribution in [1.82, 2.24) is 10.2 Å². The molecule has 6 heteroatoms. The lowest BCUT2D eigenvalue weighted by molar-refractivity contribution is -0.255. The van der Waals surface area contributed by atoms with Crippen molar-refractivity contribution in [1.29, 1.82) is 0 Å². The second-order valence-electron chi connectivity index (χ2n) is 1.76. The standard InChI is InChI=1S/C5H5N3O2.HI/c6-5(10)3-1-4(9)8-7-2-3;/h1-2H,(H2,6,10)(H,8,9);1H. The highest BCUT2D eigenvalue weighted by Gasteiger charge is 2.02. The number of hydrogen-bond donors (Lipinski definition) is 2. The Morgan fingerprint density at radius 3 is 2.64 bits per heavy atom. The molecule has 1 aromatic heterocycles. The Bertz CT molecular complexity index is 309. The predicted molar refractivity (Wildman–Crippen MR) is 32.1 cm³/mol. The highest BCUT2D eigenvalue weighted by molar-refractivity contribution is 5.84. The number of amides is 1. The Balaban J connectivity index is 0.000001000. The summed E-state index contributed by atoms with van der Waals surface area (Å²) in [4.78, 5) is 21.0. The van der Waals surface area contributed by atoms with Gasteiger partial charge in [0, 0.05) is 6.07 Å². The lowest BCUT2D eigenvalue weighted by Gasteiger charge is -1.85. The molecule has 0 radical (unpaired) electrons. The van der Waals surface area contributed by atoms with Crippen molar-refractivity contribution in [3.63, 3.8) is 0 Å². The lowest BCUT2D eigenvalue weighted by atomic mass is 10.3. The molecule has 11 heavy (non-hydrogen) atoms. The Morgan fingerprint density at radius 1 is 1.64 bits per heavy atom. The molecule has 1 aromatic rings. The first-order chi connectivity index (χ1) is 4.70. The van der Waals surface area contributed by atoms with Crippen LogP contribution in [0.4, 0.5) is 0 Å². The maximum absolute atomic E-state index is 10.5. The zero-order valence-electron chi connectivity index (χ0n) is 5.50. The molecule has 60 valence electrons. The summed E-state index contributed by atoms with van der Waals surface area (Å²) in [5, 5.41) is 5.55. The molecule has 0 aliphatic heterocycles. The number of hydrogen-bond acceptors (Lipinski definition) is 3. The van der Waals surface area contributed by atoms with Gasteiger partial charge in [0.2, 0.25) is 0 Å². The normalized spacial score (nSPS) is 8.45. The van der Waals surface area contributed by atoms with Crippen LogP contribution < -0.4 is 35.3 Å². The van der Waals surface area contributed by atoms with Crippen LogP contribution in [0.15, 0.2) is 17.1 Å². The van der Waals surface area contributed by atoms with Gasteiger partial charge in [-0.05, 0) is 0 Å². The quantitative estimate of drug-likeness (QED) is 0.500. The molecule has 0 fully saturated rings. The van der Waals surface area contributed by atoms with Gasteiger partial charge in [0.1, 0.15) is 5.56 Å². The summed E-state index contributed by atoms with van der Waals surface area (Å²) < 4.78 is 0. The molecule has 0 aliphatic rings. The summed E-state index contributed by atoms with van der Waals surface area (Å²) >= 11 is 0. The van der Waals surface area contributed by atoms with Gasteiger partial charge < -0.3 is 24.0 Å². The van der Waals surface area contributed by atoms with Crippen LogP contribution >= 0.6 is 0 Å². The molecule has 5 nitrogen and oxygen atoms in total. The van der Waals surface area contributed by atoms with Crippen molar-refractivity contribution >= 4 is 5.91 Å². The Hall–Kier alpha value is -0.760. The second kappa shape index (κ2) is 4.19. The molecule has 0 unspecified atom stereocenters. The van der Waals surface area contributed by atoms with Gasteiger partial charge in [-0.2, -0.15) is 5.10 Å². The fourth-order valence-electron chi connectivity index (χ4n) is 0.529. The number of quaternary nitrogens is 1. The van der Waals surface area contributed by atoms with Crippen LogP contribution in [-0.2, 0) is 0 Å². The number of carbonyl (C=O) groups excluding carboxylic acids is 1. The number of nitrogens with zero attached hydrogens (tertiary/aromatic N) is 1. The third-order valence-corrected chi connectivity index (χ3v) is 0.987. The first-order valence-corrected chi connectivity index (χ1v) is 2.61. The molecule has 4 N–H and O–H groups in total. The molecule has 1 amide bonds. The summed E-state index contributed by atoms with van der Waals surface area (Å²) in [5.41, 5.74) is 2.95. The largest absolute Gasteiger partial charge is 1.00 e. The van der Waals surface area contributed by atoms with Crippen molar-refractivity contribution in [2.45, 2.75) is 0 Å². The Morgan fingerprint density at radius 2 is 2.27 bits per heavy atom. The van der Waals surface area contributed by atoms with Gasteiger partial charge >= 0.3 is 5.91 Å². The van der Waals surface area contributed by atoms with E-state index in [1.165, 1.54) is 6.20 Å². The third-order valence-electron chi connectivity index (χ3n) is 0.987. The van der Waals surface area contributed by atoms with Crippen LogP contribution in [0, 0.1) is 0 Å². The summed E-state index contributed by atoms with van der Waals surface area (Å²) in [6, 6.07) is 1.16. The molecule has 1 rings (SSSR count). The molecule has 0 aliphatic carbocycles. The monoisotopic (exact) mass is 267 g/mol. The number of nitrogens with one attached hydrogen (secondary N) is 1. The number of rotatable bonds is 1. The SMILES string of the molecule is [I-].[NH3+]C(=O)c1cn[nH]c(=O)c1. The second-order valence-corrected chi connectivity index (χ2v) is 1.76. The van der Waals surface area contributed by atoms with Crippen molar-refractivity contribution in [2.24, 2.45) is 0 Å². The van der Waals surface area contributed by atoms with Gasteiger partial charge in [-0.25, -0.2) is 9.89 Å². The molecular weight excluding hydrogens is 261 g/mol. The van der Waals surface area contributed by atoms with Crippen molar-refractivity contribution in [3.05, 3.63) is 28.2 Å². The van der Waals surface area contributed by atoms with Crippen LogP contribution in [0.5, 0.6) is 0 Å². The van der Waals surface area contributed by atoms with E-state index in [4.69, 9.17) is 0 Å². The van der Waals surface area contributed by atoms with E-state index in [2.05, 4.69) is 15.9 Å². The average Bonchev–Trinajstić information content (AvgIpc) is 1.88. The van der Waals surface area contributed by atoms with Gasteiger partial charge in [0.05, 0.1) is 6.20 Å². The highest BCUT2D eigenvalue weighted by atomic mass is 127. The van der Waals surface area contributed by atoms with E-state index in [1.54, 1.807) is 0 Å². The van der Waals surface area contributed by atoms with E-state index in [-0.39, 0.29) is 29.5 Å². The van der Waals surface area contributed by atoms with Crippen molar-refractivity contribution in [2.75, 3.05) is 0 Å². The molecule has 1 heterocycles. The molecule has 0 aromatic carbocycles. The van der Waals surface area contributed by atoms with Crippen LogP contribution in [0.3, 0.4) is 0 Å². The van der Waals surface area contributed by atoms with E-state index in [1.807, 2.05) is 0 Å². The van der Waals surface area contributed by atoms with Crippen LogP contribution in [0.2, 0.25) is 0 Å². The maximum atomic E-state index is 10.5. The molecular formula is C5H6IN3O2. The smallest absolute Gasteiger partial charge is 0.342 e. The van der Waals surface area contributed by atoms with Crippen LogP contribution in [0.25, 0.3) is 0 Å². The Labute approximate surface area is 79.0 Å². The van der Waals surface area contributed by atoms with E-state index >= 15 is 0 Å². The molecule has 0 bridgehead atoms. The number of aromatic nitrogens is 2. The van der Waals surface area contributed by atoms with Gasteiger partial charge in [0.25, 0.3) is 5.56 Å². The van der Waals surface area contributed by atoms with Crippen LogP contribution in [-0.4, -0.2) is 16.1 Å². The van der Waals surface area contributed by atoms with E-state index < -0.39 is 11.5 Å². The Kier molecular flexibility index (Phi) is 3.90. The van der Waals surface area contributed by atoms with Gasteiger partial charge in [0.15, 0.2) is 0 Å². The fourth-order valence-corrected chi connectivity index (χ4v) is 0.529. The maximum Gasteiger partial charge on any atom is 0.342 e. The van der Waals surface area contributed by atoms with Gasteiger partial charge in [-0.1, -0.05) is 0 Å². The summed E-state index contributed by atoms with van der Waals surface area (Å²) in [6.45, 7) is 0. The fraction of sp³-hybridized carbons (Fsp3) is 0. The lowest BCUT2D eigenvalue weighted by Crippen LogP contribution is -3.00. The molecule has 0 saturated heterocycles. The number of carbonyl (C=O) groups is 1. The number of aromatic amines is 1. The van der Waals surface area contributed by atoms with E-state index in [0.717, 1.165) is 6.07 Å². The average molecular weight is 267 g/mol. The predicted octanol–water partition coefficient (Wildman–Crippen LogP) is -4.84. The molecule has 0 atom stereocenters. The zero-order chi connectivity index (χ0) is 7.56. The topological polar surface area (TPSA) is 90.5 Å². The first-order valence-electron chi connectivity index (χ1n) is 2.61. The minimum Gasteiger partial charge on any atom is -1.00 e. The summed E-state index contributed by atoms with van der Waals surface area (Å²) in [7, 11) is 0. The van der Waals surface area contributed by atoms with Gasteiger partial charge in [-0.15, -0.1) is 0 Å². The summed E-state index contributed by atoms with van der Waals surface area (Å²) in [6.07, 6.45) is 1.26. The van der Waals surface area contributed by atoms with Crippen LogP contribution in [0.1, 0.15) is 10.4 Å². The molecule has 0 saturated carbocycles. The van der Waals surface area contributed by atoms with Crippen molar-refractivity contribution in [3.8, 4) is 0 Å². The first kappa shape index (κ1) is 10.2. The van der Waals surface area contributed by atoms with Crippen molar-refractivity contribution < 1.29 is 34.5 Å². The van der Waals surface area contributed by atoms with Gasteiger partial charge in [-0.3, -0.25) is 10.5 Å². The number of H-pyrrole nitrogens is 1.